The van der Waals surface area contributed by atoms with E-state index in [0.717, 1.165) is 23.8 Å². The summed E-state index contributed by atoms with van der Waals surface area (Å²) in [5.41, 5.74) is 0.964. The number of benzene rings is 2. The molecule has 10 nitrogen and oxygen atoms in total. The molecule has 43 heavy (non-hydrogen) atoms. The van der Waals surface area contributed by atoms with Gasteiger partial charge in [-0.25, -0.2) is 15.6 Å². The van der Waals surface area contributed by atoms with Crippen molar-refractivity contribution in [2.24, 2.45) is 23.6 Å². The number of carboxylic acid groups (broad SMARTS) is 1. The Hall–Kier alpha value is -4.44. The minimum absolute atomic E-state index is 0.243. The third-order valence-corrected chi connectivity index (χ3v) is 8.93. The van der Waals surface area contributed by atoms with Gasteiger partial charge in [-0.1, -0.05) is 42.5 Å². The predicted octanol–water partition coefficient (Wildman–Crippen LogP) is 4.09. The highest BCUT2D eigenvalue weighted by Gasteiger charge is 2.61. The molecule has 0 spiro atoms. The molecule has 10 heteroatoms. The first-order valence-electron chi connectivity index (χ1n) is 14.8. The van der Waals surface area contributed by atoms with Crippen molar-refractivity contribution >= 4 is 28.7 Å². The highest BCUT2D eigenvalue weighted by Crippen LogP contribution is 2.46. The Kier molecular flexibility index (Phi) is 7.79. The van der Waals surface area contributed by atoms with Gasteiger partial charge in [-0.15, -0.1) is 0 Å². The average Bonchev–Trinajstić information content (AvgIpc) is 3.55. The molecule has 2 aromatic carbocycles. The number of ether oxygens (including phenoxy) is 2. The molecule has 3 aliphatic rings. The fourth-order valence-electron chi connectivity index (χ4n) is 6.39. The number of nitrogens with zero attached hydrogens (tertiary/aromatic N) is 2. The first kappa shape index (κ1) is 28.7. The van der Waals surface area contributed by atoms with Crippen LogP contribution < -0.4 is 20.6 Å². The van der Waals surface area contributed by atoms with E-state index in [1.807, 2.05) is 66.7 Å². The summed E-state index contributed by atoms with van der Waals surface area (Å²) in [6.45, 7) is 0.378. The van der Waals surface area contributed by atoms with Crippen molar-refractivity contribution in [2.45, 2.75) is 50.2 Å². The highest BCUT2D eigenvalue weighted by molar-refractivity contribution is 5.94. The molecule has 1 aliphatic heterocycles. The monoisotopic (exact) mass is 584 g/mol. The number of hydrogen-bond donors (Lipinski definition) is 3. The molecule has 0 radical (unpaired) electrons. The molecule has 2 amide bonds. The lowest BCUT2D eigenvalue weighted by molar-refractivity contribution is -0.145. The van der Waals surface area contributed by atoms with Gasteiger partial charge in [0, 0.05) is 35.5 Å². The van der Waals surface area contributed by atoms with Crippen LogP contribution in [0, 0.1) is 17.8 Å². The number of allylic oxidation sites excluding steroid dienone is 1. The number of aromatic nitrogens is 1. The second-order valence-corrected chi connectivity index (χ2v) is 11.7. The zero-order valence-corrected chi connectivity index (χ0v) is 24.1. The Bertz CT molecular complexity index is 1580. The van der Waals surface area contributed by atoms with Crippen molar-refractivity contribution in [1.29, 1.82) is 0 Å². The Morgan fingerprint density at radius 2 is 1.88 bits per heavy atom. The average molecular weight is 585 g/mol. The van der Waals surface area contributed by atoms with Gasteiger partial charge in [0.05, 0.1) is 30.2 Å². The predicted molar refractivity (Wildman–Crippen MR) is 160 cm³/mol. The summed E-state index contributed by atoms with van der Waals surface area (Å²) in [6, 6.07) is 17.2. The second kappa shape index (κ2) is 11.7. The molecule has 2 heterocycles. The first-order chi connectivity index (χ1) is 20.8. The van der Waals surface area contributed by atoms with Gasteiger partial charge < -0.3 is 19.9 Å². The third-order valence-electron chi connectivity index (χ3n) is 8.93. The summed E-state index contributed by atoms with van der Waals surface area (Å²) in [6.07, 6.45) is 6.48. The van der Waals surface area contributed by atoms with Crippen molar-refractivity contribution < 1.29 is 29.0 Å². The largest absolute Gasteiger partial charge is 0.497 e. The first-order valence-corrected chi connectivity index (χ1v) is 14.8. The normalized spacial score (nSPS) is 28.3. The number of methoxy groups -OCH3 is 1. The van der Waals surface area contributed by atoms with E-state index in [-0.39, 0.29) is 24.7 Å². The quantitative estimate of drug-likeness (QED) is 0.231. The number of carboxylic acids is 1. The number of hydrogen-bond acceptors (Lipinski definition) is 7. The molecule has 2 saturated carbocycles. The number of pyridine rings is 1. The lowest BCUT2D eigenvalue weighted by atomic mass is 9.93. The number of carbonyl (C=O) groups is 3. The summed E-state index contributed by atoms with van der Waals surface area (Å²) in [4.78, 5) is 44.4. The lowest BCUT2D eigenvalue weighted by Crippen LogP contribution is -2.50. The molecule has 6 rings (SSSR count). The van der Waals surface area contributed by atoms with Crippen LogP contribution in [0.5, 0.6) is 11.5 Å². The number of rotatable bonds is 5. The Morgan fingerprint density at radius 3 is 2.65 bits per heavy atom. The molecule has 2 aliphatic carbocycles. The van der Waals surface area contributed by atoms with Gasteiger partial charge in [-0.3, -0.25) is 14.6 Å². The maximum absolute atomic E-state index is 13.7. The minimum atomic E-state index is -1.35. The van der Waals surface area contributed by atoms with Gasteiger partial charge in [-0.2, -0.15) is 0 Å². The van der Waals surface area contributed by atoms with Gasteiger partial charge in [0.25, 0.3) is 0 Å². The van der Waals surface area contributed by atoms with Crippen molar-refractivity contribution in [3.05, 3.63) is 66.7 Å². The molecule has 2 fully saturated rings. The summed E-state index contributed by atoms with van der Waals surface area (Å²) in [5.74, 6) is 3.79. The highest BCUT2D eigenvalue weighted by atomic mass is 16.5. The van der Waals surface area contributed by atoms with Gasteiger partial charge in [0.1, 0.15) is 23.1 Å². The Labute approximate surface area is 249 Å². The van der Waals surface area contributed by atoms with Gasteiger partial charge in [0.2, 0.25) is 11.8 Å². The summed E-state index contributed by atoms with van der Waals surface area (Å²) >= 11 is 0. The summed E-state index contributed by atoms with van der Waals surface area (Å²) in [7, 11) is 1.60. The van der Waals surface area contributed by atoms with Crippen LogP contribution in [0.3, 0.4) is 0 Å². The van der Waals surface area contributed by atoms with E-state index in [1.54, 1.807) is 7.11 Å². The van der Waals surface area contributed by atoms with Crippen LogP contribution in [0.2, 0.25) is 0 Å². The topological polar surface area (TPSA) is 144 Å². The van der Waals surface area contributed by atoms with Gasteiger partial charge in [0.15, 0.2) is 0 Å². The molecule has 5 atom stereocenters. The zero-order chi connectivity index (χ0) is 30.1. The number of aliphatic carboxylic acids is 1. The van der Waals surface area contributed by atoms with Crippen LogP contribution in [0.15, 0.2) is 66.7 Å². The van der Waals surface area contributed by atoms with Crippen molar-refractivity contribution in [1.82, 2.24) is 15.3 Å². The second-order valence-electron chi connectivity index (χ2n) is 11.7. The van der Waals surface area contributed by atoms with Crippen molar-refractivity contribution in [3.63, 3.8) is 0 Å². The van der Waals surface area contributed by atoms with E-state index in [2.05, 4.69) is 5.32 Å². The molecule has 224 valence electrons. The molecule has 0 bridgehead atoms. The van der Waals surface area contributed by atoms with Crippen molar-refractivity contribution in [2.75, 3.05) is 13.7 Å². The van der Waals surface area contributed by atoms with E-state index in [0.29, 0.717) is 42.1 Å². The lowest BCUT2D eigenvalue weighted by Gasteiger charge is -2.25. The van der Waals surface area contributed by atoms with Gasteiger partial charge >= 0.3 is 5.97 Å². The van der Waals surface area contributed by atoms with Gasteiger partial charge in [-0.05, 0) is 50.7 Å². The van der Waals surface area contributed by atoms with Crippen LogP contribution >= 0.6 is 0 Å². The molecular weight excluding hydrogens is 548 g/mol. The third kappa shape index (κ3) is 5.67. The number of nitrogens with one attached hydrogen (secondary N) is 1. The smallest absolute Gasteiger partial charge is 0.330 e. The summed E-state index contributed by atoms with van der Waals surface area (Å²) in [5, 5.41) is 14.8. The number of fused-ring (bicyclic) bond motifs is 3. The Balaban J connectivity index is 1.32. The minimum Gasteiger partial charge on any atom is -0.497 e. The molecule has 0 saturated heterocycles. The number of carbonyl (C=O) groups excluding carboxylic acids is 2. The molecular formula is C33H36N4O6. The maximum Gasteiger partial charge on any atom is 0.330 e. The van der Waals surface area contributed by atoms with E-state index >= 15 is 0 Å². The van der Waals surface area contributed by atoms with E-state index in [4.69, 9.17) is 20.3 Å². The number of hydrazine groups is 1. The molecule has 1 aromatic heterocycles. The van der Waals surface area contributed by atoms with Crippen LogP contribution in [-0.4, -0.2) is 58.2 Å². The molecule has 3 aromatic rings. The summed E-state index contributed by atoms with van der Waals surface area (Å²) < 4.78 is 12.0. The fourth-order valence-corrected chi connectivity index (χ4v) is 6.39. The van der Waals surface area contributed by atoms with Crippen LogP contribution in [-0.2, 0) is 14.4 Å². The zero-order valence-electron chi connectivity index (χ0n) is 24.1. The molecule has 4 N–H and O–H groups in total. The van der Waals surface area contributed by atoms with E-state index in [9.17, 15) is 19.5 Å². The van der Waals surface area contributed by atoms with Crippen molar-refractivity contribution in [3.8, 4) is 22.8 Å². The molecule has 0 unspecified atom stereocenters. The van der Waals surface area contributed by atoms with E-state index in [1.165, 1.54) is 5.01 Å². The standard InChI is InChI=1S/C33H36N4O6/c1-42-22-12-13-24-28(17-22)35-27(20-9-5-4-6-10-20)18-29(24)43-23-15-25-26(16-23)31(39)37(34)14-8-3-2-7-11-21-19-33(21,32(40)41)36-30(25)38/h4-7,9-13,17-18,21,23,25-26H,2-3,8,14-16,19,34H2,1H3,(H,36,38)(H,40,41)/b11-7-/t21-,23-,25-,26-,33-/m1/s1. The van der Waals surface area contributed by atoms with Crippen LogP contribution in [0.1, 0.15) is 38.5 Å². The maximum atomic E-state index is 13.7. The SMILES string of the molecule is COc1ccc2c(O[C@@H]3C[C@H]4C(=O)N[C@]5(C(=O)O)C[C@H]5/C=C\CCCCN(N)C(=O)[C@@H]4C3)cc(-c3ccccc3)nc2c1. The number of nitrogens with two attached hydrogens (primary N) is 1. The Morgan fingerprint density at radius 1 is 1.09 bits per heavy atom. The fraction of sp³-hybridized carbons (Fsp3) is 0.394. The van der Waals surface area contributed by atoms with Crippen LogP contribution in [0.4, 0.5) is 0 Å². The number of amides is 2. The van der Waals surface area contributed by atoms with E-state index < -0.39 is 35.4 Å². The van der Waals surface area contributed by atoms with Crippen LogP contribution in [0.25, 0.3) is 22.2 Å².